The Hall–Kier alpha value is -3.70. The molecule has 2 aromatic heterocycles. The fraction of sp³-hybridized carbons (Fsp3) is 0.0417. The third-order valence-electron chi connectivity index (χ3n) is 4.93. The predicted octanol–water partition coefficient (Wildman–Crippen LogP) is 5.20. The van der Waals surface area contributed by atoms with Crippen LogP contribution >= 0.6 is 11.6 Å². The van der Waals surface area contributed by atoms with Crippen molar-refractivity contribution in [3.8, 4) is 22.8 Å². The van der Waals surface area contributed by atoms with Crippen molar-refractivity contribution in [1.82, 2.24) is 19.3 Å². The molecule has 0 atom stereocenters. The summed E-state index contributed by atoms with van der Waals surface area (Å²) in [5, 5.41) is 5.63. The van der Waals surface area contributed by atoms with Gasteiger partial charge in [-0.1, -0.05) is 53.6 Å². The van der Waals surface area contributed by atoms with E-state index in [0.717, 1.165) is 16.8 Å². The Balaban J connectivity index is 1.82. The fourth-order valence-electron chi connectivity index (χ4n) is 3.49. The minimum absolute atomic E-state index is 0.180. The minimum Gasteiger partial charge on any atom is -0.268 e. The third kappa shape index (κ3) is 3.19. The molecule has 0 saturated carbocycles. The number of para-hydroxylation sites is 1. The molecule has 0 aliphatic carbocycles. The van der Waals surface area contributed by atoms with Crippen molar-refractivity contribution in [3.63, 3.8) is 0 Å². The maximum absolute atomic E-state index is 13.6. The van der Waals surface area contributed by atoms with Crippen molar-refractivity contribution in [2.75, 3.05) is 0 Å². The van der Waals surface area contributed by atoms with Gasteiger partial charge in [0.05, 0.1) is 11.4 Å². The summed E-state index contributed by atoms with van der Waals surface area (Å²) in [4.78, 5) is 18.4. The summed E-state index contributed by atoms with van der Waals surface area (Å²) in [5.41, 5.74) is 3.72. The summed E-state index contributed by atoms with van der Waals surface area (Å²) in [6.07, 6.45) is 1.73. The summed E-state index contributed by atoms with van der Waals surface area (Å²) in [6, 6.07) is 24.8. The van der Waals surface area contributed by atoms with Gasteiger partial charge in [0.1, 0.15) is 11.2 Å². The van der Waals surface area contributed by atoms with E-state index in [1.165, 1.54) is 0 Å². The Morgan fingerprint density at radius 2 is 1.63 bits per heavy atom. The van der Waals surface area contributed by atoms with E-state index >= 15 is 0 Å². The minimum atomic E-state index is -0.180. The van der Waals surface area contributed by atoms with E-state index in [2.05, 4.69) is 5.10 Å². The van der Waals surface area contributed by atoms with Crippen molar-refractivity contribution in [2.45, 2.75) is 6.92 Å². The third-order valence-corrected chi connectivity index (χ3v) is 5.19. The number of aryl methyl sites for hydroxylation is 1. The summed E-state index contributed by atoms with van der Waals surface area (Å²) >= 11 is 6.07. The smallest absolute Gasteiger partial charge is 0.268 e. The number of hydrogen-bond acceptors (Lipinski definition) is 3. The molecular weight excluding hydrogens is 396 g/mol. The van der Waals surface area contributed by atoms with E-state index in [-0.39, 0.29) is 5.56 Å². The van der Waals surface area contributed by atoms with Gasteiger partial charge >= 0.3 is 0 Å². The fourth-order valence-corrected chi connectivity index (χ4v) is 3.61. The van der Waals surface area contributed by atoms with Gasteiger partial charge in [0.15, 0.2) is 5.65 Å². The van der Waals surface area contributed by atoms with Gasteiger partial charge in [0.25, 0.3) is 5.56 Å². The zero-order valence-corrected chi connectivity index (χ0v) is 16.9. The summed E-state index contributed by atoms with van der Waals surface area (Å²) in [6.45, 7) is 2.01. The van der Waals surface area contributed by atoms with Gasteiger partial charge in [0, 0.05) is 16.8 Å². The number of nitrogens with zero attached hydrogens (tertiary/aromatic N) is 4. The van der Waals surface area contributed by atoms with Crippen molar-refractivity contribution < 1.29 is 0 Å². The molecule has 5 aromatic rings. The molecule has 0 saturated heterocycles. The number of benzene rings is 3. The molecule has 0 aliphatic rings. The number of halogens is 1. The van der Waals surface area contributed by atoms with E-state index < -0.39 is 0 Å². The molecule has 0 aliphatic heterocycles. The van der Waals surface area contributed by atoms with Crippen LogP contribution in [0.25, 0.3) is 33.8 Å². The standard InChI is InChI=1S/C24H17ClN4O/c1-16-6-5-7-17(14-16)23-26-22-21(15-28(27-22)19-8-3-2-4-9-19)24(30)29(23)20-12-10-18(25)11-13-20/h2-15H,1H3. The molecule has 0 unspecified atom stereocenters. The first-order valence-electron chi connectivity index (χ1n) is 9.51. The maximum atomic E-state index is 13.6. The second-order valence-corrected chi connectivity index (χ2v) is 7.50. The Bertz CT molecular complexity index is 1420. The van der Waals surface area contributed by atoms with Gasteiger partial charge in [-0.15, -0.1) is 5.10 Å². The van der Waals surface area contributed by atoms with Crippen LogP contribution in [0.1, 0.15) is 5.56 Å². The molecular formula is C24H17ClN4O. The predicted molar refractivity (Wildman–Crippen MR) is 120 cm³/mol. The molecule has 0 bridgehead atoms. The highest BCUT2D eigenvalue weighted by Crippen LogP contribution is 2.24. The van der Waals surface area contributed by atoms with E-state index in [1.54, 1.807) is 27.6 Å². The highest BCUT2D eigenvalue weighted by atomic mass is 35.5. The van der Waals surface area contributed by atoms with Crippen molar-refractivity contribution in [3.05, 3.63) is 106 Å². The van der Waals surface area contributed by atoms with Crippen LogP contribution in [0.3, 0.4) is 0 Å². The average molecular weight is 413 g/mol. The topological polar surface area (TPSA) is 52.7 Å². The van der Waals surface area contributed by atoms with Crippen LogP contribution in [0.2, 0.25) is 5.02 Å². The largest absolute Gasteiger partial charge is 0.269 e. The van der Waals surface area contributed by atoms with Crippen LogP contribution < -0.4 is 5.56 Å². The first-order valence-corrected chi connectivity index (χ1v) is 9.89. The van der Waals surface area contributed by atoms with Crippen LogP contribution in [-0.2, 0) is 0 Å². The Labute approximate surface area is 177 Å². The van der Waals surface area contributed by atoms with Crippen LogP contribution in [0, 0.1) is 6.92 Å². The van der Waals surface area contributed by atoms with Crippen LogP contribution in [0.15, 0.2) is 89.9 Å². The maximum Gasteiger partial charge on any atom is 0.269 e. The molecule has 0 radical (unpaired) electrons. The van der Waals surface area contributed by atoms with Gasteiger partial charge in [-0.25, -0.2) is 9.67 Å². The van der Waals surface area contributed by atoms with Crippen molar-refractivity contribution in [1.29, 1.82) is 0 Å². The highest BCUT2D eigenvalue weighted by molar-refractivity contribution is 6.30. The first-order chi connectivity index (χ1) is 14.6. The van der Waals surface area contributed by atoms with Gasteiger partial charge in [-0.3, -0.25) is 9.36 Å². The van der Waals surface area contributed by atoms with Gasteiger partial charge in [-0.05, 0) is 49.4 Å². The van der Waals surface area contributed by atoms with E-state index in [4.69, 9.17) is 16.6 Å². The van der Waals surface area contributed by atoms with Gasteiger partial charge < -0.3 is 0 Å². The van der Waals surface area contributed by atoms with Gasteiger partial charge in [-0.2, -0.15) is 0 Å². The lowest BCUT2D eigenvalue weighted by Gasteiger charge is -2.13. The summed E-state index contributed by atoms with van der Waals surface area (Å²) < 4.78 is 3.30. The lowest BCUT2D eigenvalue weighted by Crippen LogP contribution is -2.21. The normalized spacial score (nSPS) is 11.1. The number of hydrogen-bond donors (Lipinski definition) is 0. The van der Waals surface area contributed by atoms with Crippen LogP contribution in [0.5, 0.6) is 0 Å². The quantitative estimate of drug-likeness (QED) is 0.409. The summed E-state index contributed by atoms with van der Waals surface area (Å²) in [7, 11) is 0. The zero-order valence-electron chi connectivity index (χ0n) is 16.2. The molecule has 30 heavy (non-hydrogen) atoms. The molecule has 0 amide bonds. The lowest BCUT2D eigenvalue weighted by atomic mass is 10.1. The van der Waals surface area contributed by atoms with Crippen molar-refractivity contribution >= 4 is 22.6 Å². The summed E-state index contributed by atoms with van der Waals surface area (Å²) in [5.74, 6) is 0.539. The molecule has 146 valence electrons. The van der Waals surface area contributed by atoms with E-state index in [0.29, 0.717) is 27.6 Å². The van der Waals surface area contributed by atoms with Crippen LogP contribution in [0.4, 0.5) is 0 Å². The number of fused-ring (bicyclic) bond motifs is 1. The number of aromatic nitrogens is 4. The molecule has 3 aromatic carbocycles. The van der Waals surface area contributed by atoms with Gasteiger partial charge in [0.2, 0.25) is 0 Å². The Kier molecular flexibility index (Phi) is 4.45. The van der Waals surface area contributed by atoms with Crippen molar-refractivity contribution in [2.24, 2.45) is 0 Å². The molecule has 0 N–H and O–H groups in total. The molecule has 6 heteroatoms. The molecule has 5 rings (SSSR count). The second kappa shape index (κ2) is 7.28. The molecule has 5 nitrogen and oxygen atoms in total. The highest BCUT2D eigenvalue weighted by Gasteiger charge is 2.17. The second-order valence-electron chi connectivity index (χ2n) is 7.07. The molecule has 0 spiro atoms. The number of rotatable bonds is 3. The lowest BCUT2D eigenvalue weighted by molar-refractivity contribution is 0.888. The average Bonchev–Trinajstić information content (AvgIpc) is 3.20. The molecule has 2 heterocycles. The van der Waals surface area contributed by atoms with E-state index in [1.807, 2.05) is 73.7 Å². The van der Waals surface area contributed by atoms with E-state index in [9.17, 15) is 4.79 Å². The first kappa shape index (κ1) is 18.3. The SMILES string of the molecule is Cc1cccc(-c2nc3nn(-c4ccccc4)cc3c(=O)n2-c2ccc(Cl)cc2)c1. The zero-order chi connectivity index (χ0) is 20.7. The molecule has 0 fully saturated rings. The Morgan fingerprint density at radius 1 is 0.867 bits per heavy atom. The Morgan fingerprint density at radius 3 is 2.37 bits per heavy atom. The monoisotopic (exact) mass is 412 g/mol. The van der Waals surface area contributed by atoms with Crippen LogP contribution in [-0.4, -0.2) is 19.3 Å².